The number of nitrogens with zero attached hydrogens (tertiary/aromatic N) is 1. The van der Waals surface area contributed by atoms with Gasteiger partial charge in [-0.05, 0) is 30.2 Å². The van der Waals surface area contributed by atoms with Crippen LogP contribution in [0.25, 0.3) is 6.08 Å². The van der Waals surface area contributed by atoms with Crippen molar-refractivity contribution < 1.29 is 9.53 Å². The first kappa shape index (κ1) is 14.8. The number of hydrogen-bond acceptors (Lipinski definition) is 3. The molecule has 0 aromatic heterocycles. The lowest BCUT2D eigenvalue weighted by atomic mass is 10.1. The Kier molecular flexibility index (Phi) is 6.17. The molecule has 0 aliphatic heterocycles. The van der Waals surface area contributed by atoms with Gasteiger partial charge in [0.1, 0.15) is 17.4 Å². The van der Waals surface area contributed by atoms with Crippen molar-refractivity contribution in [3.63, 3.8) is 0 Å². The van der Waals surface area contributed by atoms with Gasteiger partial charge in [0, 0.05) is 6.54 Å². The second kappa shape index (κ2) is 7.93. The third-order valence-electron chi connectivity index (χ3n) is 2.59. The highest BCUT2D eigenvalue weighted by atomic mass is 16.5. The van der Waals surface area contributed by atoms with Gasteiger partial charge in [-0.25, -0.2) is 0 Å². The topological polar surface area (TPSA) is 62.1 Å². The normalized spacial score (nSPS) is 10.7. The average Bonchev–Trinajstić information content (AvgIpc) is 2.45. The highest BCUT2D eigenvalue weighted by molar-refractivity contribution is 6.01. The number of carbonyl (C=O) groups excluding carboxylic acids is 1. The van der Waals surface area contributed by atoms with Gasteiger partial charge in [0.2, 0.25) is 0 Å². The minimum atomic E-state index is -0.334. The molecule has 19 heavy (non-hydrogen) atoms. The summed E-state index contributed by atoms with van der Waals surface area (Å²) in [5.41, 5.74) is 0.867. The Hall–Kier alpha value is -2.28. The fourth-order valence-electron chi connectivity index (χ4n) is 1.52. The molecule has 0 atom stereocenters. The summed E-state index contributed by atoms with van der Waals surface area (Å²) in [7, 11) is 1.57. The predicted octanol–water partition coefficient (Wildman–Crippen LogP) is 2.52. The summed E-state index contributed by atoms with van der Waals surface area (Å²) < 4.78 is 5.10. The van der Waals surface area contributed by atoms with E-state index >= 15 is 0 Å². The van der Waals surface area contributed by atoms with Crippen molar-refractivity contribution in [3.8, 4) is 11.8 Å². The van der Waals surface area contributed by atoms with Crippen molar-refractivity contribution in [2.45, 2.75) is 19.8 Å². The molecule has 0 spiro atoms. The van der Waals surface area contributed by atoms with Gasteiger partial charge in [0.05, 0.1) is 7.11 Å². The zero-order valence-corrected chi connectivity index (χ0v) is 11.3. The maximum Gasteiger partial charge on any atom is 0.261 e. The Morgan fingerprint density at radius 3 is 2.95 bits per heavy atom. The molecule has 0 saturated carbocycles. The van der Waals surface area contributed by atoms with Crippen LogP contribution in [0.15, 0.2) is 29.8 Å². The third-order valence-corrected chi connectivity index (χ3v) is 2.59. The highest BCUT2D eigenvalue weighted by Crippen LogP contribution is 2.15. The van der Waals surface area contributed by atoms with Crippen molar-refractivity contribution in [1.29, 1.82) is 5.26 Å². The van der Waals surface area contributed by atoms with Crippen LogP contribution in [0.4, 0.5) is 0 Å². The maximum absolute atomic E-state index is 11.8. The van der Waals surface area contributed by atoms with Gasteiger partial charge in [-0.2, -0.15) is 5.26 Å². The molecule has 0 heterocycles. The molecule has 0 unspecified atom stereocenters. The molecule has 0 aliphatic rings. The van der Waals surface area contributed by atoms with Crippen LogP contribution in [0, 0.1) is 11.3 Å². The number of methoxy groups -OCH3 is 1. The third kappa shape index (κ3) is 4.84. The zero-order valence-electron chi connectivity index (χ0n) is 11.3. The first-order chi connectivity index (χ1) is 9.21. The molecular weight excluding hydrogens is 240 g/mol. The Bertz CT molecular complexity index is 501. The lowest BCUT2D eigenvalue weighted by Crippen LogP contribution is -2.25. The smallest absolute Gasteiger partial charge is 0.261 e. The lowest BCUT2D eigenvalue weighted by Gasteiger charge is -2.04. The van der Waals surface area contributed by atoms with Gasteiger partial charge in [-0.3, -0.25) is 4.79 Å². The minimum Gasteiger partial charge on any atom is -0.497 e. The average molecular weight is 258 g/mol. The van der Waals surface area contributed by atoms with Crippen molar-refractivity contribution in [2.24, 2.45) is 0 Å². The quantitative estimate of drug-likeness (QED) is 0.484. The largest absolute Gasteiger partial charge is 0.497 e. The van der Waals surface area contributed by atoms with E-state index in [0.717, 1.165) is 18.4 Å². The first-order valence-corrected chi connectivity index (χ1v) is 6.25. The van der Waals surface area contributed by atoms with E-state index in [2.05, 4.69) is 5.32 Å². The van der Waals surface area contributed by atoms with Gasteiger partial charge in [-0.15, -0.1) is 0 Å². The summed E-state index contributed by atoms with van der Waals surface area (Å²) in [6, 6.07) is 9.14. The summed E-state index contributed by atoms with van der Waals surface area (Å²) in [5, 5.41) is 11.8. The summed E-state index contributed by atoms with van der Waals surface area (Å²) in [4.78, 5) is 11.8. The van der Waals surface area contributed by atoms with Crippen LogP contribution in [0.1, 0.15) is 25.3 Å². The number of nitrogens with one attached hydrogen (secondary N) is 1. The van der Waals surface area contributed by atoms with Gasteiger partial charge in [-0.1, -0.05) is 25.5 Å². The highest BCUT2D eigenvalue weighted by Gasteiger charge is 2.08. The molecule has 0 saturated heterocycles. The van der Waals surface area contributed by atoms with E-state index in [1.165, 1.54) is 0 Å². The van der Waals surface area contributed by atoms with E-state index in [0.29, 0.717) is 12.3 Å². The Labute approximate surface area is 113 Å². The van der Waals surface area contributed by atoms with E-state index in [9.17, 15) is 4.79 Å². The number of amides is 1. The molecule has 0 fully saturated rings. The minimum absolute atomic E-state index is 0.101. The number of rotatable bonds is 6. The zero-order chi connectivity index (χ0) is 14.1. The summed E-state index contributed by atoms with van der Waals surface area (Å²) >= 11 is 0. The summed E-state index contributed by atoms with van der Waals surface area (Å²) in [6.07, 6.45) is 3.47. The number of unbranched alkanes of at least 4 members (excludes halogenated alkanes) is 1. The fraction of sp³-hybridized carbons (Fsp3) is 0.333. The maximum atomic E-state index is 11.8. The Morgan fingerprint density at radius 1 is 1.53 bits per heavy atom. The second-order valence-corrected chi connectivity index (χ2v) is 4.06. The van der Waals surface area contributed by atoms with E-state index in [-0.39, 0.29) is 11.5 Å². The first-order valence-electron chi connectivity index (χ1n) is 6.25. The number of nitriles is 1. The van der Waals surface area contributed by atoms with Crippen molar-refractivity contribution >= 4 is 12.0 Å². The van der Waals surface area contributed by atoms with Gasteiger partial charge < -0.3 is 10.1 Å². The van der Waals surface area contributed by atoms with Crippen LogP contribution in [0.2, 0.25) is 0 Å². The SMILES string of the molecule is CCCCNC(=O)/C(C#N)=C/c1cccc(OC)c1. The predicted molar refractivity (Wildman–Crippen MR) is 74.5 cm³/mol. The molecule has 4 heteroatoms. The number of carbonyl (C=O) groups is 1. The summed E-state index contributed by atoms with van der Waals surface area (Å²) in [5.74, 6) is 0.358. The fourth-order valence-corrected chi connectivity index (χ4v) is 1.52. The van der Waals surface area contributed by atoms with Crippen LogP contribution < -0.4 is 10.1 Å². The molecule has 0 radical (unpaired) electrons. The second-order valence-electron chi connectivity index (χ2n) is 4.06. The molecule has 1 aromatic rings. The molecule has 1 aromatic carbocycles. The van der Waals surface area contributed by atoms with E-state index in [1.54, 1.807) is 19.3 Å². The van der Waals surface area contributed by atoms with E-state index < -0.39 is 0 Å². The van der Waals surface area contributed by atoms with Gasteiger partial charge in [0.15, 0.2) is 0 Å². The van der Waals surface area contributed by atoms with Crippen molar-refractivity contribution in [2.75, 3.05) is 13.7 Å². The number of ether oxygens (including phenoxy) is 1. The Morgan fingerprint density at radius 2 is 2.32 bits per heavy atom. The van der Waals surface area contributed by atoms with E-state index in [4.69, 9.17) is 10.00 Å². The van der Waals surface area contributed by atoms with Crippen LogP contribution in [-0.4, -0.2) is 19.6 Å². The lowest BCUT2D eigenvalue weighted by molar-refractivity contribution is -0.117. The van der Waals surface area contributed by atoms with Crippen LogP contribution >= 0.6 is 0 Å². The van der Waals surface area contributed by atoms with Crippen LogP contribution in [0.3, 0.4) is 0 Å². The number of benzene rings is 1. The number of hydrogen-bond donors (Lipinski definition) is 1. The molecule has 1 rings (SSSR count). The molecule has 1 N–H and O–H groups in total. The summed E-state index contributed by atoms with van der Waals surface area (Å²) in [6.45, 7) is 2.63. The van der Waals surface area contributed by atoms with Gasteiger partial charge in [0.25, 0.3) is 5.91 Å². The van der Waals surface area contributed by atoms with Crippen LogP contribution in [0.5, 0.6) is 5.75 Å². The molecule has 0 bridgehead atoms. The molecule has 1 amide bonds. The standard InChI is InChI=1S/C15H18N2O2/c1-3-4-8-17-15(18)13(11-16)9-12-6-5-7-14(10-12)19-2/h5-7,9-10H,3-4,8H2,1-2H3,(H,17,18)/b13-9+. The monoisotopic (exact) mass is 258 g/mol. The van der Waals surface area contributed by atoms with Crippen molar-refractivity contribution in [1.82, 2.24) is 5.32 Å². The Balaban J connectivity index is 2.80. The van der Waals surface area contributed by atoms with Crippen molar-refractivity contribution in [3.05, 3.63) is 35.4 Å². The van der Waals surface area contributed by atoms with Gasteiger partial charge >= 0.3 is 0 Å². The van der Waals surface area contributed by atoms with E-state index in [1.807, 2.05) is 31.2 Å². The molecule has 0 aliphatic carbocycles. The molecule has 4 nitrogen and oxygen atoms in total. The molecular formula is C15H18N2O2. The van der Waals surface area contributed by atoms with Crippen LogP contribution in [-0.2, 0) is 4.79 Å². The molecule has 100 valence electrons.